The Labute approximate surface area is 201 Å². The molecule has 0 spiro atoms. The average molecular weight is 488 g/mol. The summed E-state index contributed by atoms with van der Waals surface area (Å²) in [6, 6.07) is 9.39. The van der Waals surface area contributed by atoms with E-state index in [2.05, 4.69) is 11.4 Å². The lowest BCUT2D eigenvalue weighted by Gasteiger charge is -2.41. The fourth-order valence-electron chi connectivity index (χ4n) is 5.01. The molecule has 3 aliphatic rings. The quantitative estimate of drug-likeness (QED) is 0.654. The molecule has 1 N–H and O–H groups in total. The topological polar surface area (TPSA) is 114 Å². The number of carbonyl (C=O) groups excluding carboxylic acids is 2. The van der Waals surface area contributed by atoms with Crippen LogP contribution in [0.2, 0.25) is 0 Å². The van der Waals surface area contributed by atoms with Crippen LogP contribution in [0.4, 0.5) is 0 Å². The zero-order valence-electron chi connectivity index (χ0n) is 19.8. The van der Waals surface area contributed by atoms with Crippen LogP contribution in [-0.4, -0.2) is 72.5 Å². The normalized spacial score (nSPS) is 25.4. The van der Waals surface area contributed by atoms with Crippen LogP contribution in [0, 0.1) is 30.1 Å². The molecule has 2 unspecified atom stereocenters. The zero-order valence-corrected chi connectivity index (χ0v) is 20.6. The number of piperidine rings is 1. The Morgan fingerprint density at radius 2 is 1.74 bits per heavy atom. The number of benzene rings is 1. The first kappa shape index (κ1) is 24.6. The minimum Gasteiger partial charge on any atom is -0.348 e. The summed E-state index contributed by atoms with van der Waals surface area (Å²) in [6.45, 7) is 5.37. The summed E-state index contributed by atoms with van der Waals surface area (Å²) in [6.07, 6.45) is 2.56. The van der Waals surface area contributed by atoms with Crippen LogP contribution in [-0.2, 0) is 19.8 Å². The van der Waals surface area contributed by atoms with Crippen molar-refractivity contribution in [3.8, 4) is 6.07 Å². The van der Waals surface area contributed by atoms with Gasteiger partial charge in [0, 0.05) is 32.7 Å². The first-order valence-corrected chi connectivity index (χ1v) is 13.4. The third kappa shape index (κ3) is 4.97. The van der Waals surface area contributed by atoms with Gasteiger partial charge in [0.05, 0.1) is 23.9 Å². The molecule has 10 heteroatoms. The Kier molecular flexibility index (Phi) is 7.26. The molecular formula is C24H33N5O4S. The molecule has 4 rings (SSSR count). The van der Waals surface area contributed by atoms with Gasteiger partial charge in [-0.15, -0.1) is 0 Å². The number of nitrogens with zero attached hydrogens (tertiary/aromatic N) is 4. The molecule has 3 atom stereocenters. The van der Waals surface area contributed by atoms with Crippen molar-refractivity contribution in [1.29, 1.82) is 5.26 Å². The molecule has 3 aliphatic heterocycles. The minimum atomic E-state index is -3.67. The Morgan fingerprint density at radius 3 is 2.41 bits per heavy atom. The number of nitriles is 1. The standard InChI is InChI=1S/C24H33N5O4S/c1-17-7-9-20(10-8-17)18(2)26-23(30)22-6-4-12-29(22)24(31)21-5-3-11-27(16-21)34(32,33)28-14-19(13-25)15-28/h7-10,18-19,21-22H,3-6,11-12,14-16H2,1-2H3,(H,26,30)/t18?,21?,22-/m1/s1. The summed E-state index contributed by atoms with van der Waals surface area (Å²) in [5.74, 6) is -1.02. The highest BCUT2D eigenvalue weighted by atomic mass is 32.2. The van der Waals surface area contributed by atoms with Crippen molar-refractivity contribution in [2.45, 2.75) is 51.6 Å². The lowest BCUT2D eigenvalue weighted by Crippen LogP contribution is -2.57. The van der Waals surface area contributed by atoms with E-state index >= 15 is 0 Å². The highest BCUT2D eigenvalue weighted by molar-refractivity contribution is 7.86. The Bertz CT molecular complexity index is 1060. The largest absolute Gasteiger partial charge is 0.348 e. The summed E-state index contributed by atoms with van der Waals surface area (Å²) >= 11 is 0. The van der Waals surface area contributed by atoms with E-state index in [1.54, 1.807) is 4.90 Å². The second-order valence-electron chi connectivity index (χ2n) is 9.68. The van der Waals surface area contributed by atoms with Gasteiger partial charge in [-0.25, -0.2) is 0 Å². The SMILES string of the molecule is Cc1ccc(C(C)NC(=O)[C@H]2CCCN2C(=O)C2CCCN(S(=O)(=O)N3CC(C#N)C3)C2)cc1. The van der Waals surface area contributed by atoms with Crippen molar-refractivity contribution in [2.75, 3.05) is 32.7 Å². The van der Waals surface area contributed by atoms with Crippen LogP contribution in [0.3, 0.4) is 0 Å². The van der Waals surface area contributed by atoms with Gasteiger partial charge in [0.2, 0.25) is 11.8 Å². The van der Waals surface area contributed by atoms with E-state index in [1.165, 1.54) is 8.61 Å². The molecule has 3 saturated heterocycles. The molecule has 0 aliphatic carbocycles. The van der Waals surface area contributed by atoms with E-state index in [0.29, 0.717) is 32.4 Å². The maximum Gasteiger partial charge on any atom is 0.282 e. The third-order valence-corrected chi connectivity index (χ3v) is 9.13. The van der Waals surface area contributed by atoms with E-state index in [4.69, 9.17) is 5.26 Å². The van der Waals surface area contributed by atoms with Crippen LogP contribution in [0.5, 0.6) is 0 Å². The number of aryl methyl sites for hydroxylation is 1. The Hall–Kier alpha value is -2.48. The van der Waals surface area contributed by atoms with Crippen LogP contribution in [0.25, 0.3) is 0 Å². The number of likely N-dealkylation sites (tertiary alicyclic amines) is 1. The van der Waals surface area contributed by atoms with E-state index < -0.39 is 22.2 Å². The van der Waals surface area contributed by atoms with Gasteiger partial charge in [0.25, 0.3) is 10.2 Å². The van der Waals surface area contributed by atoms with E-state index in [9.17, 15) is 18.0 Å². The monoisotopic (exact) mass is 487 g/mol. The number of hydrogen-bond acceptors (Lipinski definition) is 5. The molecule has 1 aromatic rings. The first-order valence-electron chi connectivity index (χ1n) is 12.0. The predicted molar refractivity (Wildman–Crippen MR) is 126 cm³/mol. The van der Waals surface area contributed by atoms with Gasteiger partial charge in [-0.2, -0.15) is 22.3 Å². The van der Waals surface area contributed by atoms with Crippen molar-refractivity contribution in [3.05, 3.63) is 35.4 Å². The molecule has 3 fully saturated rings. The van der Waals surface area contributed by atoms with Crippen LogP contribution >= 0.6 is 0 Å². The van der Waals surface area contributed by atoms with Crippen molar-refractivity contribution in [3.63, 3.8) is 0 Å². The molecule has 3 heterocycles. The molecule has 1 aromatic carbocycles. The third-order valence-electron chi connectivity index (χ3n) is 7.19. The summed E-state index contributed by atoms with van der Waals surface area (Å²) < 4.78 is 28.5. The molecule has 184 valence electrons. The lowest BCUT2D eigenvalue weighted by molar-refractivity contribution is -0.142. The molecule has 9 nitrogen and oxygen atoms in total. The second-order valence-corrected chi connectivity index (χ2v) is 11.6. The number of carbonyl (C=O) groups is 2. The maximum atomic E-state index is 13.4. The lowest BCUT2D eigenvalue weighted by atomic mass is 9.97. The second kappa shape index (κ2) is 10.0. The summed E-state index contributed by atoms with van der Waals surface area (Å²) in [5.41, 5.74) is 2.16. The van der Waals surface area contributed by atoms with Gasteiger partial charge in [-0.05, 0) is 45.1 Å². The van der Waals surface area contributed by atoms with Crippen molar-refractivity contribution < 1.29 is 18.0 Å². The van der Waals surface area contributed by atoms with Gasteiger partial charge in [-0.3, -0.25) is 9.59 Å². The Morgan fingerprint density at radius 1 is 1.06 bits per heavy atom. The smallest absolute Gasteiger partial charge is 0.282 e. The zero-order chi connectivity index (χ0) is 24.5. The van der Waals surface area contributed by atoms with Gasteiger partial charge in [-0.1, -0.05) is 29.8 Å². The highest BCUT2D eigenvalue weighted by Crippen LogP contribution is 2.29. The minimum absolute atomic E-state index is 0.124. The van der Waals surface area contributed by atoms with Crippen molar-refractivity contribution in [2.24, 2.45) is 11.8 Å². The van der Waals surface area contributed by atoms with Gasteiger partial charge in [0.15, 0.2) is 0 Å². The van der Waals surface area contributed by atoms with E-state index in [-0.39, 0.29) is 43.4 Å². The van der Waals surface area contributed by atoms with Crippen molar-refractivity contribution >= 4 is 22.0 Å². The first-order chi connectivity index (χ1) is 16.2. The number of amides is 2. The average Bonchev–Trinajstić information content (AvgIpc) is 3.28. The number of rotatable bonds is 6. The number of hydrogen-bond donors (Lipinski definition) is 1. The fraction of sp³-hybridized carbons (Fsp3) is 0.625. The molecule has 2 amide bonds. The molecule has 0 radical (unpaired) electrons. The summed E-state index contributed by atoms with van der Waals surface area (Å²) in [4.78, 5) is 28.1. The fourth-order valence-corrected chi connectivity index (χ4v) is 6.80. The molecular weight excluding hydrogens is 454 g/mol. The molecule has 0 saturated carbocycles. The summed E-state index contributed by atoms with van der Waals surface area (Å²) in [5, 5.41) is 12.0. The van der Waals surface area contributed by atoms with E-state index in [0.717, 1.165) is 17.5 Å². The van der Waals surface area contributed by atoms with Crippen LogP contribution in [0.15, 0.2) is 24.3 Å². The van der Waals surface area contributed by atoms with Gasteiger partial charge in [0.1, 0.15) is 6.04 Å². The molecule has 0 aromatic heterocycles. The maximum absolute atomic E-state index is 13.4. The van der Waals surface area contributed by atoms with Crippen LogP contribution < -0.4 is 5.32 Å². The van der Waals surface area contributed by atoms with Gasteiger partial charge < -0.3 is 10.2 Å². The van der Waals surface area contributed by atoms with E-state index in [1.807, 2.05) is 38.1 Å². The highest BCUT2D eigenvalue weighted by Gasteiger charge is 2.44. The Balaban J connectivity index is 1.38. The van der Waals surface area contributed by atoms with Gasteiger partial charge >= 0.3 is 0 Å². The molecule has 0 bridgehead atoms. The summed E-state index contributed by atoms with van der Waals surface area (Å²) in [7, 11) is -3.67. The van der Waals surface area contributed by atoms with Crippen LogP contribution in [0.1, 0.15) is 49.8 Å². The number of nitrogens with one attached hydrogen (secondary N) is 1. The van der Waals surface area contributed by atoms with Crippen molar-refractivity contribution in [1.82, 2.24) is 18.8 Å². The molecule has 34 heavy (non-hydrogen) atoms. The predicted octanol–water partition coefficient (Wildman–Crippen LogP) is 1.58.